The summed E-state index contributed by atoms with van der Waals surface area (Å²) in [6.07, 6.45) is 4.97. The molecule has 1 aliphatic heterocycles. The van der Waals surface area contributed by atoms with Crippen LogP contribution in [0.2, 0.25) is 25.7 Å². The van der Waals surface area contributed by atoms with Crippen LogP contribution in [0, 0.1) is 5.92 Å². The minimum Gasteiger partial charge on any atom is -0.0908 e. The lowest BCUT2D eigenvalue weighted by atomic mass is 9.99. The zero-order valence-electron chi connectivity index (χ0n) is 14.8. The van der Waals surface area contributed by atoms with Gasteiger partial charge < -0.3 is 0 Å². The maximum Gasteiger partial charge on any atom is 0.0909 e. The molecule has 0 unspecified atom stereocenters. The van der Waals surface area contributed by atoms with Gasteiger partial charge in [-0.15, -0.1) is 0 Å². The van der Waals surface area contributed by atoms with Crippen LogP contribution in [0.1, 0.15) is 18.0 Å². The molecule has 0 saturated heterocycles. The Morgan fingerprint density at radius 3 is 2.00 bits per heavy atom. The number of allylic oxidation sites excluding steroid dienone is 2. The summed E-state index contributed by atoms with van der Waals surface area (Å²) in [4.78, 5) is 0. The summed E-state index contributed by atoms with van der Waals surface area (Å²) < 4.78 is 0. The summed E-state index contributed by atoms with van der Waals surface area (Å²) in [5.41, 5.74) is 2.25. The van der Waals surface area contributed by atoms with Crippen LogP contribution in [0.3, 0.4) is 0 Å². The van der Waals surface area contributed by atoms with Crippen molar-refractivity contribution in [2.24, 2.45) is 5.92 Å². The van der Waals surface area contributed by atoms with E-state index < -0.39 is 15.2 Å². The van der Waals surface area contributed by atoms with Gasteiger partial charge in [-0.05, 0) is 23.1 Å². The number of hydrogen-bond acceptors (Lipinski definition) is 0. The summed E-state index contributed by atoms with van der Waals surface area (Å²) >= 11 is 0. The molecule has 0 spiro atoms. The molecular weight excluding hydrogens is 308 g/mol. The monoisotopic (exact) mass is 336 g/mol. The lowest BCUT2D eigenvalue weighted by molar-refractivity contribution is 0.666. The van der Waals surface area contributed by atoms with E-state index >= 15 is 0 Å². The van der Waals surface area contributed by atoms with E-state index in [-0.39, 0.29) is 0 Å². The minimum absolute atomic E-state index is 0.629. The topological polar surface area (TPSA) is 0 Å². The third kappa shape index (κ3) is 2.79. The van der Waals surface area contributed by atoms with Gasteiger partial charge in [-0.1, -0.05) is 105 Å². The second kappa shape index (κ2) is 6.25. The fourth-order valence-electron chi connectivity index (χ4n) is 4.64. The van der Waals surface area contributed by atoms with E-state index in [2.05, 4.69) is 99.4 Å². The Balaban J connectivity index is 2.26. The van der Waals surface area contributed by atoms with E-state index in [9.17, 15) is 0 Å². The van der Waals surface area contributed by atoms with Crippen LogP contribution < -0.4 is 5.19 Å². The Bertz CT molecular complexity index is 670. The predicted octanol–water partition coefficient (Wildman–Crippen LogP) is 5.29. The molecule has 23 heavy (non-hydrogen) atoms. The minimum atomic E-state index is -1.64. The van der Waals surface area contributed by atoms with Crippen molar-refractivity contribution in [1.82, 2.24) is 0 Å². The van der Waals surface area contributed by atoms with Gasteiger partial charge in [-0.3, -0.25) is 0 Å². The van der Waals surface area contributed by atoms with Crippen molar-refractivity contribution in [3.05, 3.63) is 78.4 Å². The highest BCUT2D eigenvalue weighted by Crippen LogP contribution is 2.44. The molecular formula is C21H28Si2. The molecule has 2 aromatic carbocycles. The molecule has 0 nitrogen and oxygen atoms in total. The summed E-state index contributed by atoms with van der Waals surface area (Å²) in [7, 11) is -2.99. The van der Waals surface area contributed by atoms with E-state index in [1.54, 1.807) is 10.8 Å². The Kier molecular flexibility index (Phi) is 4.48. The molecule has 1 heterocycles. The van der Waals surface area contributed by atoms with Crippen molar-refractivity contribution in [3.8, 4) is 0 Å². The highest BCUT2D eigenvalue weighted by atomic mass is 29.3. The Morgan fingerprint density at radius 2 is 1.43 bits per heavy atom. The van der Waals surface area contributed by atoms with Crippen LogP contribution in [-0.4, -0.2) is 15.2 Å². The highest BCUT2D eigenvalue weighted by Gasteiger charge is 2.54. The predicted molar refractivity (Wildman–Crippen MR) is 107 cm³/mol. The van der Waals surface area contributed by atoms with Crippen molar-refractivity contribution in [2.45, 2.75) is 38.2 Å². The van der Waals surface area contributed by atoms with Gasteiger partial charge in [0.1, 0.15) is 0 Å². The zero-order valence-corrected chi connectivity index (χ0v) is 16.8. The largest absolute Gasteiger partial charge is 0.0909 e. The molecule has 0 amide bonds. The van der Waals surface area contributed by atoms with E-state index in [0.717, 1.165) is 0 Å². The maximum atomic E-state index is 2.61. The molecule has 0 radical (unpaired) electrons. The summed E-state index contributed by atoms with van der Waals surface area (Å²) in [5, 5.41) is 1.67. The summed E-state index contributed by atoms with van der Waals surface area (Å²) in [6.45, 7) is 10.2. The molecule has 0 fully saturated rings. The lowest BCUT2D eigenvalue weighted by Crippen LogP contribution is -2.70. The number of rotatable bonds is 3. The standard InChI is InChI=1S/C21H28Si2/c1-18-12-11-17-23(22(2,3)4,20-15-9-6-10-16-20)21(18)19-13-7-5-8-14-19/h5-16,18,21H,17H2,1-4H3/t18-,21-,23+/m0/s1. The SMILES string of the molecule is C[C@H]1C=CC[Si@](c2ccccc2)([Si](C)(C)C)[C@@H]1c1ccccc1. The molecule has 3 rings (SSSR count). The molecule has 0 aliphatic carbocycles. The quantitative estimate of drug-likeness (QED) is 0.528. The average Bonchev–Trinajstić information content (AvgIpc) is 2.55. The van der Waals surface area contributed by atoms with Gasteiger partial charge in [-0.25, -0.2) is 0 Å². The van der Waals surface area contributed by atoms with Crippen molar-refractivity contribution < 1.29 is 0 Å². The third-order valence-corrected chi connectivity index (χ3v) is 23.0. The number of benzene rings is 2. The van der Waals surface area contributed by atoms with Crippen LogP contribution in [0.4, 0.5) is 0 Å². The van der Waals surface area contributed by atoms with Gasteiger partial charge >= 0.3 is 0 Å². The average molecular weight is 337 g/mol. The van der Waals surface area contributed by atoms with Crippen LogP contribution in [0.15, 0.2) is 72.8 Å². The van der Waals surface area contributed by atoms with Crippen molar-refractivity contribution in [2.75, 3.05) is 0 Å². The Hall–Kier alpha value is -1.39. The first-order valence-electron chi connectivity index (χ1n) is 8.74. The second-order valence-electron chi connectivity index (χ2n) is 7.97. The Labute approximate surface area is 143 Å². The van der Waals surface area contributed by atoms with E-state index in [4.69, 9.17) is 0 Å². The van der Waals surface area contributed by atoms with E-state index in [0.29, 0.717) is 11.5 Å². The molecule has 2 heteroatoms. The molecule has 0 N–H and O–H groups in total. The molecule has 1 aliphatic rings. The lowest BCUT2D eigenvalue weighted by Gasteiger charge is -2.51. The van der Waals surface area contributed by atoms with E-state index in [1.165, 1.54) is 6.04 Å². The van der Waals surface area contributed by atoms with Crippen LogP contribution in [0.5, 0.6) is 0 Å². The second-order valence-corrected chi connectivity index (χ2v) is 23.2. The van der Waals surface area contributed by atoms with Crippen LogP contribution in [-0.2, 0) is 0 Å². The smallest absolute Gasteiger partial charge is 0.0908 e. The summed E-state index contributed by atoms with van der Waals surface area (Å²) in [6, 6.07) is 24.1. The fraction of sp³-hybridized carbons (Fsp3) is 0.333. The van der Waals surface area contributed by atoms with Crippen molar-refractivity contribution in [3.63, 3.8) is 0 Å². The van der Waals surface area contributed by atoms with E-state index in [1.807, 2.05) is 0 Å². The van der Waals surface area contributed by atoms with Gasteiger partial charge in [0.15, 0.2) is 0 Å². The molecule has 0 aromatic heterocycles. The molecule has 0 bridgehead atoms. The van der Waals surface area contributed by atoms with Crippen LogP contribution >= 0.6 is 0 Å². The van der Waals surface area contributed by atoms with Gasteiger partial charge in [0.25, 0.3) is 0 Å². The maximum absolute atomic E-state index is 2.61. The van der Waals surface area contributed by atoms with Gasteiger partial charge in [0, 0.05) is 7.59 Å². The van der Waals surface area contributed by atoms with Crippen molar-refractivity contribution >= 4 is 20.4 Å². The normalized spacial score (nSPS) is 27.8. The highest BCUT2D eigenvalue weighted by molar-refractivity contribution is 7.46. The molecule has 3 atom stereocenters. The molecule has 0 saturated carbocycles. The van der Waals surface area contributed by atoms with Crippen molar-refractivity contribution in [1.29, 1.82) is 0 Å². The van der Waals surface area contributed by atoms with Gasteiger partial charge in [-0.2, -0.15) is 0 Å². The fourth-order valence-corrected chi connectivity index (χ4v) is 20.3. The Morgan fingerprint density at radius 1 is 0.870 bits per heavy atom. The molecule has 120 valence electrons. The first kappa shape index (κ1) is 16.5. The third-order valence-electron chi connectivity index (χ3n) is 5.72. The zero-order chi connectivity index (χ0) is 16.5. The van der Waals surface area contributed by atoms with Gasteiger partial charge in [0.05, 0.1) is 7.59 Å². The van der Waals surface area contributed by atoms with Gasteiger partial charge in [0.2, 0.25) is 0 Å². The first-order valence-corrected chi connectivity index (χ1v) is 15.5. The number of hydrogen-bond donors (Lipinski definition) is 0. The summed E-state index contributed by atoms with van der Waals surface area (Å²) in [5.74, 6) is 0.629. The first-order chi connectivity index (χ1) is 11.0. The van der Waals surface area contributed by atoms with Crippen LogP contribution in [0.25, 0.3) is 0 Å². The molecule has 2 aromatic rings.